The van der Waals surface area contributed by atoms with Crippen LogP contribution in [0.4, 0.5) is 5.82 Å². The number of sulfonamides is 1. The molecule has 13 heteroatoms. The Bertz CT molecular complexity index is 1470. The number of carbonyl (C=O) groups is 1. The van der Waals surface area contributed by atoms with Gasteiger partial charge in [-0.15, -0.1) is 5.10 Å². The predicted molar refractivity (Wildman–Crippen MR) is 146 cm³/mol. The molecule has 2 N–H and O–H groups in total. The van der Waals surface area contributed by atoms with E-state index in [1.807, 2.05) is 18.7 Å². The molecule has 12 nitrogen and oxygen atoms in total. The Balaban J connectivity index is 1.72. The van der Waals surface area contributed by atoms with Gasteiger partial charge in [0, 0.05) is 50.1 Å². The van der Waals surface area contributed by atoms with Gasteiger partial charge < -0.3 is 14.7 Å². The normalized spacial score (nSPS) is 17.4. The SMILES string of the molecule is Cc1nn(C)cc1S(=O)(=O)NC(=O)c1ccc(-n2ccc(OCC(C)(C)C)n2)nc1N1CC(CO)CC1(C)C. The molecule has 3 aromatic heterocycles. The third-order valence-corrected chi connectivity index (χ3v) is 7.95. The lowest BCUT2D eigenvalue weighted by Gasteiger charge is -2.33. The van der Waals surface area contributed by atoms with Gasteiger partial charge in [-0.1, -0.05) is 20.8 Å². The van der Waals surface area contributed by atoms with Crippen LogP contribution < -0.4 is 14.4 Å². The highest BCUT2D eigenvalue weighted by molar-refractivity contribution is 7.90. The van der Waals surface area contributed by atoms with Crippen molar-refractivity contribution in [3.63, 3.8) is 0 Å². The lowest BCUT2D eigenvalue weighted by Crippen LogP contribution is -2.41. The first-order valence-corrected chi connectivity index (χ1v) is 14.2. The molecule has 1 atom stereocenters. The van der Waals surface area contributed by atoms with E-state index in [-0.39, 0.29) is 34.1 Å². The average Bonchev–Trinajstić information content (AvgIpc) is 3.53. The molecule has 0 saturated carbocycles. The first kappa shape index (κ1) is 28.6. The molecule has 0 aliphatic carbocycles. The molecule has 0 aromatic carbocycles. The Labute approximate surface area is 229 Å². The van der Waals surface area contributed by atoms with Gasteiger partial charge in [0.1, 0.15) is 10.7 Å². The molecule has 0 spiro atoms. The number of hydrogen-bond acceptors (Lipinski definition) is 9. The highest BCUT2D eigenvalue weighted by atomic mass is 32.2. The van der Waals surface area contributed by atoms with Gasteiger partial charge in [-0.25, -0.2) is 22.8 Å². The van der Waals surface area contributed by atoms with E-state index in [2.05, 4.69) is 35.7 Å². The van der Waals surface area contributed by atoms with E-state index in [4.69, 9.17) is 9.72 Å². The van der Waals surface area contributed by atoms with Crippen LogP contribution >= 0.6 is 0 Å². The highest BCUT2D eigenvalue weighted by Crippen LogP contribution is 2.38. The maximum Gasteiger partial charge on any atom is 0.268 e. The van der Waals surface area contributed by atoms with E-state index in [1.54, 1.807) is 43.0 Å². The number of aryl methyl sites for hydroxylation is 2. The summed E-state index contributed by atoms with van der Waals surface area (Å²) in [4.78, 5) is 20.1. The lowest BCUT2D eigenvalue weighted by atomic mass is 9.97. The fraction of sp³-hybridized carbons (Fsp3) is 0.538. The van der Waals surface area contributed by atoms with E-state index in [0.29, 0.717) is 37.1 Å². The van der Waals surface area contributed by atoms with Crippen LogP contribution in [0.25, 0.3) is 5.82 Å². The topological polar surface area (TPSA) is 144 Å². The standard InChI is InChI=1S/C26H37N7O5S/c1-17-20(14-31(7)28-17)39(36,37)30-24(35)19-8-9-21(33-11-10-22(29-33)38-16-25(2,3)4)27-23(19)32-13-18(15-34)12-26(32,5)6/h8-11,14,18,34H,12-13,15-16H2,1-7H3,(H,30,35). The summed E-state index contributed by atoms with van der Waals surface area (Å²) in [6.45, 7) is 12.7. The van der Waals surface area contributed by atoms with E-state index in [1.165, 1.54) is 10.9 Å². The Hall–Kier alpha value is -3.45. The zero-order valence-electron chi connectivity index (χ0n) is 23.5. The monoisotopic (exact) mass is 559 g/mol. The van der Waals surface area contributed by atoms with Crippen molar-refractivity contribution < 1.29 is 23.1 Å². The van der Waals surface area contributed by atoms with E-state index >= 15 is 0 Å². The summed E-state index contributed by atoms with van der Waals surface area (Å²) in [6.07, 6.45) is 3.74. The number of aliphatic hydroxyl groups is 1. The van der Waals surface area contributed by atoms with Gasteiger partial charge in [0.05, 0.1) is 17.9 Å². The number of aromatic nitrogens is 5. The van der Waals surface area contributed by atoms with Gasteiger partial charge in [0.15, 0.2) is 5.82 Å². The third kappa shape index (κ3) is 6.25. The smallest absolute Gasteiger partial charge is 0.268 e. The minimum Gasteiger partial charge on any atom is -0.476 e. The maximum atomic E-state index is 13.4. The van der Waals surface area contributed by atoms with Gasteiger partial charge in [0.25, 0.3) is 15.9 Å². The second-order valence-electron chi connectivity index (χ2n) is 11.9. The molecule has 0 bridgehead atoms. The second-order valence-corrected chi connectivity index (χ2v) is 13.5. The number of carbonyl (C=O) groups excluding carboxylic acids is 1. The molecule has 4 rings (SSSR count). The number of ether oxygens (including phenoxy) is 1. The molecule has 1 aliphatic rings. The summed E-state index contributed by atoms with van der Waals surface area (Å²) in [7, 11) is -2.58. The molecule has 212 valence electrons. The van der Waals surface area contributed by atoms with Crippen molar-refractivity contribution >= 4 is 21.7 Å². The highest BCUT2D eigenvalue weighted by Gasteiger charge is 2.41. The molecule has 3 aromatic rings. The number of aliphatic hydroxyl groups excluding tert-OH is 1. The molecule has 39 heavy (non-hydrogen) atoms. The number of nitrogens with one attached hydrogen (secondary N) is 1. The summed E-state index contributed by atoms with van der Waals surface area (Å²) in [6, 6.07) is 4.88. The predicted octanol–water partition coefficient (Wildman–Crippen LogP) is 2.45. The van der Waals surface area contributed by atoms with Crippen LogP contribution in [0.1, 0.15) is 57.1 Å². The molecular weight excluding hydrogens is 522 g/mol. The van der Waals surface area contributed by atoms with E-state index in [0.717, 1.165) is 0 Å². The van der Waals surface area contributed by atoms with Crippen molar-refractivity contribution in [2.45, 2.75) is 58.4 Å². The minimum atomic E-state index is -4.18. The molecular formula is C26H37N7O5S. The Morgan fingerprint density at radius 3 is 2.54 bits per heavy atom. The third-order valence-electron chi connectivity index (χ3n) is 6.52. The fourth-order valence-corrected chi connectivity index (χ4v) is 5.89. The van der Waals surface area contributed by atoms with Crippen molar-refractivity contribution in [2.75, 3.05) is 24.7 Å². The largest absolute Gasteiger partial charge is 0.476 e. The quantitative estimate of drug-likeness (QED) is 0.425. The van der Waals surface area contributed by atoms with E-state index < -0.39 is 21.5 Å². The Morgan fingerprint density at radius 1 is 1.23 bits per heavy atom. The summed E-state index contributed by atoms with van der Waals surface area (Å²) < 4.78 is 37.0. The van der Waals surface area contributed by atoms with Crippen molar-refractivity contribution in [1.82, 2.24) is 29.3 Å². The number of anilines is 1. The van der Waals surface area contributed by atoms with Crippen molar-refractivity contribution in [1.29, 1.82) is 0 Å². The van der Waals surface area contributed by atoms with Crippen LogP contribution in [0, 0.1) is 18.3 Å². The summed E-state index contributed by atoms with van der Waals surface area (Å²) in [5.41, 5.74) is -0.116. The second kappa shape index (κ2) is 10.3. The molecule has 1 aliphatic heterocycles. The molecule has 4 heterocycles. The molecule has 1 fully saturated rings. The number of rotatable bonds is 8. The summed E-state index contributed by atoms with van der Waals surface area (Å²) in [5.74, 6) is 0.337. The zero-order chi connectivity index (χ0) is 28.8. The van der Waals surface area contributed by atoms with Gasteiger partial charge in [-0.05, 0) is 44.7 Å². The molecule has 1 unspecified atom stereocenters. The van der Waals surface area contributed by atoms with E-state index in [9.17, 15) is 18.3 Å². The van der Waals surface area contributed by atoms with Crippen LogP contribution in [-0.2, 0) is 17.1 Å². The Kier molecular flexibility index (Phi) is 7.52. The van der Waals surface area contributed by atoms with Crippen molar-refractivity contribution in [3.05, 3.63) is 41.9 Å². The fourth-order valence-electron chi connectivity index (χ4n) is 4.71. The Morgan fingerprint density at radius 2 is 1.95 bits per heavy atom. The minimum absolute atomic E-state index is 0.0105. The number of hydrogen-bond donors (Lipinski definition) is 2. The maximum absolute atomic E-state index is 13.4. The van der Waals surface area contributed by atoms with Gasteiger partial charge in [-0.3, -0.25) is 9.48 Å². The lowest BCUT2D eigenvalue weighted by molar-refractivity contribution is 0.0981. The number of pyridine rings is 1. The number of amides is 1. The van der Waals surface area contributed by atoms with Crippen LogP contribution in [0.2, 0.25) is 0 Å². The van der Waals surface area contributed by atoms with Crippen molar-refractivity contribution in [2.24, 2.45) is 18.4 Å². The summed E-state index contributed by atoms with van der Waals surface area (Å²) >= 11 is 0. The first-order valence-electron chi connectivity index (χ1n) is 12.8. The van der Waals surface area contributed by atoms with Crippen molar-refractivity contribution in [3.8, 4) is 11.7 Å². The zero-order valence-corrected chi connectivity index (χ0v) is 24.3. The molecule has 1 amide bonds. The molecule has 0 radical (unpaired) electrons. The average molecular weight is 560 g/mol. The van der Waals surface area contributed by atoms with Crippen LogP contribution in [-0.4, -0.2) is 69.3 Å². The molecule has 1 saturated heterocycles. The first-order chi connectivity index (χ1) is 18.1. The van der Waals surface area contributed by atoms with Gasteiger partial charge in [0.2, 0.25) is 5.88 Å². The van der Waals surface area contributed by atoms with Gasteiger partial charge >= 0.3 is 0 Å². The summed E-state index contributed by atoms with van der Waals surface area (Å²) in [5, 5.41) is 18.4. The van der Waals surface area contributed by atoms with Crippen LogP contribution in [0.3, 0.4) is 0 Å². The van der Waals surface area contributed by atoms with Gasteiger partial charge in [-0.2, -0.15) is 5.10 Å². The van der Waals surface area contributed by atoms with Crippen LogP contribution in [0.15, 0.2) is 35.5 Å². The van der Waals surface area contributed by atoms with Crippen LogP contribution in [0.5, 0.6) is 5.88 Å². The number of nitrogens with zero attached hydrogens (tertiary/aromatic N) is 6.